The summed E-state index contributed by atoms with van der Waals surface area (Å²) < 4.78 is 0. The van der Waals surface area contributed by atoms with Crippen molar-refractivity contribution in [2.24, 2.45) is 0 Å². The normalized spacial score (nSPS) is 10.9. The van der Waals surface area contributed by atoms with E-state index in [1.165, 1.54) is 11.1 Å². The molecule has 0 saturated heterocycles. The first-order chi connectivity index (χ1) is 41.9. The molecule has 4 aromatic heterocycles. The minimum Gasteiger partial charge on any atom is -0.364 e. The topological polar surface area (TPSA) is 67.7 Å². The molecule has 0 radical (unpaired) electrons. The first-order valence-corrected chi connectivity index (χ1v) is 28.3. The number of hydrogen-bond donors (Lipinski definition) is 0. The average molecular weight is 1470 g/mol. The Morgan fingerprint density at radius 2 is 0.839 bits per heavy atom. The fraction of sp³-hybridized carbons (Fsp3) is 0.0253. The maximum atomic E-state index is 5.04. The Bertz CT molecular complexity index is 4590. The molecule has 8 heteroatoms. The molecule has 0 saturated carbocycles. The molecule has 0 bridgehead atoms. The zero-order valence-electron chi connectivity index (χ0n) is 47.3. The molecule has 0 atom stereocenters. The number of para-hydroxylation sites is 1. The third-order valence-electron chi connectivity index (χ3n) is 15.4. The van der Waals surface area contributed by atoms with Crippen LogP contribution in [0.15, 0.2) is 274 Å². The van der Waals surface area contributed by atoms with Crippen LogP contribution in [0.25, 0.3) is 123 Å². The van der Waals surface area contributed by atoms with Crippen LogP contribution in [0.3, 0.4) is 0 Å². The van der Waals surface area contributed by atoms with Crippen LogP contribution in [0.2, 0.25) is 0 Å². The smallest absolute Gasteiger partial charge is 0.364 e. The van der Waals surface area contributed by atoms with E-state index < -0.39 is 0 Å². The van der Waals surface area contributed by atoms with Gasteiger partial charge in [0.05, 0.1) is 0 Å². The summed E-state index contributed by atoms with van der Waals surface area (Å²) in [6.45, 7) is 4.18. The summed E-state index contributed by atoms with van der Waals surface area (Å²) in [4.78, 5) is 27.0. The molecular formula is C79H51IrN6Pt. The fourth-order valence-electron chi connectivity index (χ4n) is 11.2. The van der Waals surface area contributed by atoms with E-state index in [-0.39, 0.29) is 41.2 Å². The number of hydrogen-bond acceptors (Lipinski definition) is 6. The number of rotatable bonds is 13. The Morgan fingerprint density at radius 1 is 0.356 bits per heavy atom. The van der Waals surface area contributed by atoms with E-state index in [0.717, 1.165) is 128 Å². The van der Waals surface area contributed by atoms with Crippen LogP contribution in [0.1, 0.15) is 11.1 Å². The summed E-state index contributed by atoms with van der Waals surface area (Å²) in [7, 11) is 0. The van der Waals surface area contributed by atoms with Gasteiger partial charge in [-0.3, -0.25) is 12.1 Å². The third kappa shape index (κ3) is 12.1. The summed E-state index contributed by atoms with van der Waals surface area (Å²) in [5.41, 5.74) is 23.4. The summed E-state index contributed by atoms with van der Waals surface area (Å²) in [6, 6.07) is 102. The van der Waals surface area contributed by atoms with Crippen molar-refractivity contribution in [3.05, 3.63) is 315 Å². The predicted molar refractivity (Wildman–Crippen MR) is 346 cm³/mol. The van der Waals surface area contributed by atoms with Crippen LogP contribution >= 0.6 is 0 Å². The third-order valence-corrected chi connectivity index (χ3v) is 15.4. The van der Waals surface area contributed by atoms with Gasteiger partial charge in [0.15, 0.2) is 0 Å². The van der Waals surface area contributed by atoms with E-state index in [1.807, 2.05) is 91.6 Å². The zero-order chi connectivity index (χ0) is 57.1. The summed E-state index contributed by atoms with van der Waals surface area (Å²) >= 11 is 0. The molecule has 0 fully saturated rings. The molecule has 87 heavy (non-hydrogen) atoms. The van der Waals surface area contributed by atoms with E-state index in [0.29, 0.717) is 11.4 Å². The van der Waals surface area contributed by atoms with E-state index in [1.54, 1.807) is 0 Å². The predicted octanol–water partition coefficient (Wildman–Crippen LogP) is 19.6. The number of benzene rings is 10. The Balaban J connectivity index is 0.00000369. The zero-order valence-corrected chi connectivity index (χ0v) is 52.0. The maximum absolute atomic E-state index is 5.04. The van der Waals surface area contributed by atoms with Crippen molar-refractivity contribution in [3.8, 4) is 112 Å². The van der Waals surface area contributed by atoms with Gasteiger partial charge < -0.3 is 29.8 Å². The summed E-state index contributed by atoms with van der Waals surface area (Å²) in [5.74, 6) is 0.505. The summed E-state index contributed by atoms with van der Waals surface area (Å²) in [5, 5.41) is 2.19. The summed E-state index contributed by atoms with van der Waals surface area (Å²) in [6.07, 6.45) is 9.62. The monoisotopic (exact) mass is 1470 g/mol. The SMILES string of the molecule is Cc1cc[c-]c(-c2ccc(-c3ccccc3-c3cc(-c4ccccc4-c4ccc(-c5[c-]ccc(C)c5)nc4)cc(-c4ccccc4-c4cnc(-c5[c-]ccc(N(c6[c-]c(-c7nccc8ccccc78)ccc6)c6ccccc6)[c-]5)nc4)c3)cn2)c1.[Ir+3].[Pt+2]. The van der Waals surface area contributed by atoms with Gasteiger partial charge in [-0.15, -0.1) is 106 Å². The van der Waals surface area contributed by atoms with Crippen molar-refractivity contribution in [1.82, 2.24) is 24.9 Å². The number of aromatic nitrogens is 5. The molecule has 6 nitrogen and oxygen atoms in total. The van der Waals surface area contributed by atoms with Gasteiger partial charge in [0.2, 0.25) is 0 Å². The minimum absolute atomic E-state index is 0. The molecule has 0 unspecified atom stereocenters. The van der Waals surface area contributed by atoms with Gasteiger partial charge in [0.25, 0.3) is 0 Å². The van der Waals surface area contributed by atoms with Crippen LogP contribution in [0.5, 0.6) is 0 Å². The molecule has 0 amide bonds. The van der Waals surface area contributed by atoms with Crippen molar-refractivity contribution >= 4 is 27.8 Å². The first-order valence-electron chi connectivity index (χ1n) is 28.3. The first kappa shape index (κ1) is 57.6. The van der Waals surface area contributed by atoms with Gasteiger partial charge in [0.1, 0.15) is 0 Å². The molecule has 0 spiro atoms. The standard InChI is InChI=1S/C79H51N6.Ir.Pt/c1-53-18-14-21-56(42-53)76-38-36-60(49-81-76)69-29-8-10-31-71(69)62-44-63(72-32-11-9-30-70(72)61-37-39-77(82-50-61)57-22-15-19-54(2)43-57)46-64(45-62)73-33-12-13-34-74(73)65-51-83-79(84-52-65)59-24-17-28-68(48-59)85(66-25-4-3-5-26-66)67-27-16-23-58(47-67)78-75-35-7-6-20-55(75)40-41-80-78;;/h3-20,23,25-46,49-52H,1-2H3;;/q-5;+3;+2. The Morgan fingerprint density at radius 3 is 1.38 bits per heavy atom. The van der Waals surface area contributed by atoms with Crippen molar-refractivity contribution in [2.45, 2.75) is 13.8 Å². The molecule has 416 valence electrons. The van der Waals surface area contributed by atoms with Crippen molar-refractivity contribution in [2.75, 3.05) is 4.90 Å². The van der Waals surface area contributed by atoms with Crippen LogP contribution in [0.4, 0.5) is 17.1 Å². The molecule has 0 aliphatic rings. The quantitative estimate of drug-likeness (QED) is 0.107. The molecular weight excluding hydrogens is 1420 g/mol. The van der Waals surface area contributed by atoms with Gasteiger partial charge in [-0.05, 0) is 137 Å². The van der Waals surface area contributed by atoms with Gasteiger partial charge in [-0.2, -0.15) is 0 Å². The number of aryl methyl sites for hydroxylation is 2. The number of pyridine rings is 3. The van der Waals surface area contributed by atoms with Gasteiger partial charge in [0, 0.05) is 42.2 Å². The number of fused-ring (bicyclic) bond motifs is 1. The maximum Gasteiger partial charge on any atom is 3.00 e. The van der Waals surface area contributed by atoms with Gasteiger partial charge in [-0.25, -0.2) is 17.7 Å². The fourth-order valence-corrected chi connectivity index (χ4v) is 11.2. The van der Waals surface area contributed by atoms with E-state index in [2.05, 4.69) is 231 Å². The van der Waals surface area contributed by atoms with Crippen molar-refractivity contribution < 1.29 is 41.2 Å². The Kier molecular flexibility index (Phi) is 17.0. The number of anilines is 3. The molecule has 0 aliphatic heterocycles. The van der Waals surface area contributed by atoms with E-state index >= 15 is 0 Å². The van der Waals surface area contributed by atoms with Crippen molar-refractivity contribution in [3.63, 3.8) is 0 Å². The average Bonchev–Trinajstić information content (AvgIpc) is 1.70. The largest absolute Gasteiger partial charge is 3.00 e. The molecule has 0 aliphatic carbocycles. The second-order valence-corrected chi connectivity index (χ2v) is 21.0. The molecule has 14 rings (SSSR count). The van der Waals surface area contributed by atoms with E-state index in [9.17, 15) is 0 Å². The van der Waals surface area contributed by atoms with Crippen LogP contribution < -0.4 is 4.90 Å². The second-order valence-electron chi connectivity index (χ2n) is 21.0. The van der Waals surface area contributed by atoms with Gasteiger partial charge in [-0.1, -0.05) is 153 Å². The molecule has 14 aromatic rings. The van der Waals surface area contributed by atoms with Crippen LogP contribution in [-0.4, -0.2) is 24.9 Å². The molecule has 4 heterocycles. The Labute approximate surface area is 535 Å². The van der Waals surface area contributed by atoms with Crippen molar-refractivity contribution in [1.29, 1.82) is 0 Å². The molecule has 0 N–H and O–H groups in total. The number of nitrogens with zero attached hydrogens (tertiary/aromatic N) is 6. The molecule has 10 aromatic carbocycles. The van der Waals surface area contributed by atoms with Gasteiger partial charge >= 0.3 is 41.2 Å². The second kappa shape index (κ2) is 25.8. The van der Waals surface area contributed by atoms with Crippen LogP contribution in [0, 0.1) is 44.2 Å². The van der Waals surface area contributed by atoms with E-state index in [4.69, 9.17) is 24.9 Å². The van der Waals surface area contributed by atoms with Crippen LogP contribution in [-0.2, 0) is 41.2 Å². The Hall–Kier alpha value is -9.87. The minimum atomic E-state index is 0.